The molecule has 1 aromatic rings. The highest BCUT2D eigenvalue weighted by molar-refractivity contribution is 9.10. The van der Waals surface area contributed by atoms with E-state index in [1.54, 1.807) is 0 Å². The molecule has 0 aromatic heterocycles. The average molecular weight is 339 g/mol. The van der Waals surface area contributed by atoms with Gasteiger partial charge in [-0.05, 0) is 63.4 Å². The summed E-state index contributed by atoms with van der Waals surface area (Å²) in [4.78, 5) is 12.4. The molecule has 20 heavy (non-hydrogen) atoms. The summed E-state index contributed by atoms with van der Waals surface area (Å²) in [6.45, 7) is 6.91. The Labute approximate surface area is 129 Å². The minimum atomic E-state index is -0.502. The minimum Gasteiger partial charge on any atom is -0.355 e. The molecule has 0 radical (unpaired) electrons. The van der Waals surface area contributed by atoms with Crippen LogP contribution in [0, 0.1) is 5.92 Å². The van der Waals surface area contributed by atoms with Crippen molar-refractivity contribution in [1.29, 1.82) is 0 Å². The standard InChI is InChI=1S/C16H23BrN2O/c1-16(2,13-4-3-5-14(17)10-13)15(20)19-9-7-12-6-8-18-11-12/h3-5,10,12,18H,6-9,11H2,1-2H3,(H,19,20). The van der Waals surface area contributed by atoms with E-state index in [1.165, 1.54) is 6.42 Å². The van der Waals surface area contributed by atoms with Crippen molar-refractivity contribution in [2.45, 2.75) is 32.1 Å². The zero-order valence-corrected chi connectivity index (χ0v) is 13.8. The predicted molar refractivity (Wildman–Crippen MR) is 85.8 cm³/mol. The molecule has 1 fully saturated rings. The lowest BCUT2D eigenvalue weighted by Gasteiger charge is -2.24. The Morgan fingerprint density at radius 1 is 1.50 bits per heavy atom. The van der Waals surface area contributed by atoms with Crippen molar-refractivity contribution in [2.24, 2.45) is 5.92 Å². The van der Waals surface area contributed by atoms with E-state index in [1.807, 2.05) is 38.1 Å². The topological polar surface area (TPSA) is 41.1 Å². The van der Waals surface area contributed by atoms with E-state index in [2.05, 4.69) is 26.6 Å². The monoisotopic (exact) mass is 338 g/mol. The third-order valence-corrected chi connectivity index (χ3v) is 4.61. The summed E-state index contributed by atoms with van der Waals surface area (Å²) in [7, 11) is 0. The van der Waals surface area contributed by atoms with Crippen LogP contribution in [0.15, 0.2) is 28.7 Å². The third-order valence-electron chi connectivity index (χ3n) is 4.11. The maximum atomic E-state index is 12.4. The average Bonchev–Trinajstić information content (AvgIpc) is 2.91. The molecule has 2 N–H and O–H groups in total. The highest BCUT2D eigenvalue weighted by atomic mass is 79.9. The first-order valence-corrected chi connectivity index (χ1v) is 8.04. The van der Waals surface area contributed by atoms with Gasteiger partial charge in [0.15, 0.2) is 0 Å². The van der Waals surface area contributed by atoms with Crippen molar-refractivity contribution in [2.75, 3.05) is 19.6 Å². The fourth-order valence-electron chi connectivity index (χ4n) is 2.58. The fourth-order valence-corrected chi connectivity index (χ4v) is 2.98. The lowest BCUT2D eigenvalue weighted by Crippen LogP contribution is -2.40. The molecule has 1 aromatic carbocycles. The Bertz CT molecular complexity index is 467. The van der Waals surface area contributed by atoms with Gasteiger partial charge in [0.25, 0.3) is 0 Å². The second-order valence-corrected chi connectivity index (χ2v) is 6.95. The summed E-state index contributed by atoms with van der Waals surface area (Å²) in [5.41, 5.74) is 0.532. The van der Waals surface area contributed by atoms with Gasteiger partial charge in [-0.3, -0.25) is 4.79 Å². The predicted octanol–water partition coefficient (Wildman–Crippen LogP) is 2.84. The minimum absolute atomic E-state index is 0.0987. The van der Waals surface area contributed by atoms with Gasteiger partial charge in [-0.25, -0.2) is 0 Å². The molecule has 1 aliphatic rings. The zero-order chi connectivity index (χ0) is 14.6. The fraction of sp³-hybridized carbons (Fsp3) is 0.562. The first-order chi connectivity index (χ1) is 9.50. The number of hydrogen-bond acceptors (Lipinski definition) is 2. The quantitative estimate of drug-likeness (QED) is 0.866. The van der Waals surface area contributed by atoms with Crippen molar-refractivity contribution in [1.82, 2.24) is 10.6 Å². The van der Waals surface area contributed by atoms with Gasteiger partial charge in [0.2, 0.25) is 5.91 Å². The molecule has 1 amide bonds. The summed E-state index contributed by atoms with van der Waals surface area (Å²) in [6, 6.07) is 7.97. The number of rotatable bonds is 5. The Hall–Kier alpha value is -0.870. The van der Waals surface area contributed by atoms with Gasteiger partial charge < -0.3 is 10.6 Å². The zero-order valence-electron chi connectivity index (χ0n) is 12.2. The van der Waals surface area contributed by atoms with Crippen LogP contribution in [0.5, 0.6) is 0 Å². The van der Waals surface area contributed by atoms with Gasteiger partial charge in [0.1, 0.15) is 0 Å². The number of carbonyl (C=O) groups is 1. The molecular weight excluding hydrogens is 316 g/mol. The molecule has 0 saturated carbocycles. The summed E-state index contributed by atoms with van der Waals surface area (Å²) in [6.07, 6.45) is 2.29. The van der Waals surface area contributed by atoms with Gasteiger partial charge in [0.05, 0.1) is 5.41 Å². The molecular formula is C16H23BrN2O. The van der Waals surface area contributed by atoms with Crippen LogP contribution in [0.1, 0.15) is 32.3 Å². The van der Waals surface area contributed by atoms with Crippen LogP contribution in [0.4, 0.5) is 0 Å². The van der Waals surface area contributed by atoms with Crippen LogP contribution in [0.25, 0.3) is 0 Å². The Balaban J connectivity index is 1.89. The van der Waals surface area contributed by atoms with Crippen LogP contribution in [-0.2, 0) is 10.2 Å². The van der Waals surface area contributed by atoms with Crippen molar-refractivity contribution in [3.8, 4) is 0 Å². The Kier molecular flexibility index (Phi) is 5.22. The summed E-state index contributed by atoms with van der Waals surface area (Å²) in [5, 5.41) is 6.44. The molecule has 2 rings (SSSR count). The van der Waals surface area contributed by atoms with E-state index in [4.69, 9.17) is 0 Å². The van der Waals surface area contributed by atoms with E-state index < -0.39 is 5.41 Å². The Morgan fingerprint density at radius 2 is 2.30 bits per heavy atom. The molecule has 1 atom stereocenters. The Morgan fingerprint density at radius 3 is 2.95 bits per heavy atom. The molecule has 0 spiro atoms. The first-order valence-electron chi connectivity index (χ1n) is 7.25. The second kappa shape index (κ2) is 6.72. The number of amides is 1. The van der Waals surface area contributed by atoms with Crippen LogP contribution in [0.2, 0.25) is 0 Å². The molecule has 3 nitrogen and oxygen atoms in total. The second-order valence-electron chi connectivity index (χ2n) is 6.04. The van der Waals surface area contributed by atoms with Crippen molar-refractivity contribution < 1.29 is 4.79 Å². The molecule has 110 valence electrons. The molecule has 1 aliphatic heterocycles. The van der Waals surface area contributed by atoms with Gasteiger partial charge in [0, 0.05) is 11.0 Å². The van der Waals surface area contributed by atoms with E-state index in [9.17, 15) is 4.79 Å². The highest BCUT2D eigenvalue weighted by Gasteiger charge is 2.29. The van der Waals surface area contributed by atoms with Gasteiger partial charge in [-0.1, -0.05) is 28.1 Å². The molecule has 4 heteroatoms. The van der Waals surface area contributed by atoms with Crippen molar-refractivity contribution in [3.05, 3.63) is 34.3 Å². The SMILES string of the molecule is CC(C)(C(=O)NCCC1CCNC1)c1cccc(Br)c1. The van der Waals surface area contributed by atoms with E-state index in [0.29, 0.717) is 5.92 Å². The lowest BCUT2D eigenvalue weighted by atomic mass is 9.83. The van der Waals surface area contributed by atoms with E-state index in [0.717, 1.165) is 36.1 Å². The summed E-state index contributed by atoms with van der Waals surface area (Å²) < 4.78 is 1.01. The van der Waals surface area contributed by atoms with Crippen LogP contribution in [0.3, 0.4) is 0 Å². The molecule has 0 bridgehead atoms. The van der Waals surface area contributed by atoms with Crippen LogP contribution in [-0.4, -0.2) is 25.5 Å². The number of hydrogen-bond donors (Lipinski definition) is 2. The normalized spacial score (nSPS) is 19.1. The molecule has 1 heterocycles. The third kappa shape index (κ3) is 3.83. The maximum Gasteiger partial charge on any atom is 0.230 e. The largest absolute Gasteiger partial charge is 0.355 e. The van der Waals surface area contributed by atoms with E-state index >= 15 is 0 Å². The van der Waals surface area contributed by atoms with Crippen molar-refractivity contribution >= 4 is 21.8 Å². The summed E-state index contributed by atoms with van der Waals surface area (Å²) in [5.74, 6) is 0.811. The number of halogens is 1. The van der Waals surface area contributed by atoms with Gasteiger partial charge >= 0.3 is 0 Å². The van der Waals surface area contributed by atoms with Crippen LogP contribution < -0.4 is 10.6 Å². The van der Waals surface area contributed by atoms with Gasteiger partial charge in [-0.15, -0.1) is 0 Å². The molecule has 1 saturated heterocycles. The first kappa shape index (κ1) is 15.5. The smallest absolute Gasteiger partial charge is 0.230 e. The lowest BCUT2D eigenvalue weighted by molar-refractivity contribution is -0.125. The number of benzene rings is 1. The number of nitrogens with one attached hydrogen (secondary N) is 2. The highest BCUT2D eigenvalue weighted by Crippen LogP contribution is 2.26. The van der Waals surface area contributed by atoms with Gasteiger partial charge in [-0.2, -0.15) is 0 Å². The number of carbonyl (C=O) groups excluding carboxylic acids is 1. The van der Waals surface area contributed by atoms with Crippen molar-refractivity contribution in [3.63, 3.8) is 0 Å². The molecule has 1 unspecified atom stereocenters. The summed E-state index contributed by atoms with van der Waals surface area (Å²) >= 11 is 3.46. The van der Waals surface area contributed by atoms with E-state index in [-0.39, 0.29) is 5.91 Å². The maximum absolute atomic E-state index is 12.4. The van der Waals surface area contributed by atoms with Crippen LogP contribution >= 0.6 is 15.9 Å². The molecule has 0 aliphatic carbocycles.